The van der Waals surface area contributed by atoms with Crippen LogP contribution in [-0.4, -0.2) is 9.38 Å². The molecule has 3 rings (SSSR count). The van der Waals surface area contributed by atoms with Crippen LogP contribution in [0.3, 0.4) is 0 Å². The summed E-state index contributed by atoms with van der Waals surface area (Å²) in [5.41, 5.74) is 11.6. The summed E-state index contributed by atoms with van der Waals surface area (Å²) in [5.74, 6) is 0. The fourth-order valence-electron chi connectivity index (χ4n) is 2.46. The van der Waals surface area contributed by atoms with E-state index in [1.165, 1.54) is 11.1 Å². The Morgan fingerprint density at radius 1 is 1.19 bits per heavy atom. The van der Waals surface area contributed by atoms with E-state index < -0.39 is 0 Å². The van der Waals surface area contributed by atoms with Crippen LogP contribution in [0.1, 0.15) is 22.5 Å². The van der Waals surface area contributed by atoms with Gasteiger partial charge >= 0.3 is 0 Å². The number of aromatic nitrogens is 2. The molecule has 0 amide bonds. The Kier molecular flexibility index (Phi) is 3.33. The van der Waals surface area contributed by atoms with E-state index in [2.05, 4.69) is 42.2 Å². The minimum Gasteiger partial charge on any atom is -0.398 e. The van der Waals surface area contributed by atoms with Gasteiger partial charge < -0.3 is 10.1 Å². The maximum atomic E-state index is 9.07. The molecule has 0 spiro atoms. The van der Waals surface area contributed by atoms with Gasteiger partial charge in [0.15, 0.2) is 0 Å². The Labute approximate surface area is 123 Å². The van der Waals surface area contributed by atoms with Crippen LogP contribution in [0, 0.1) is 18.3 Å². The molecule has 0 aliphatic carbocycles. The van der Waals surface area contributed by atoms with E-state index in [-0.39, 0.29) is 0 Å². The molecule has 2 heterocycles. The predicted molar refractivity (Wildman–Crippen MR) is 82.9 cm³/mol. The number of nitrogen functional groups attached to an aromatic ring is 1. The lowest BCUT2D eigenvalue weighted by Crippen LogP contribution is -1.98. The van der Waals surface area contributed by atoms with Crippen molar-refractivity contribution in [3.05, 3.63) is 65.1 Å². The summed E-state index contributed by atoms with van der Waals surface area (Å²) in [7, 11) is 0. The van der Waals surface area contributed by atoms with Gasteiger partial charge in [0.05, 0.1) is 23.9 Å². The first-order valence-corrected chi connectivity index (χ1v) is 6.85. The van der Waals surface area contributed by atoms with Crippen molar-refractivity contribution in [3.8, 4) is 6.07 Å². The Bertz CT molecular complexity index is 822. The monoisotopic (exact) mass is 276 g/mol. The highest BCUT2D eigenvalue weighted by Crippen LogP contribution is 2.19. The Balaban J connectivity index is 2.06. The molecule has 4 nitrogen and oxygen atoms in total. The molecular formula is C17H16N4. The van der Waals surface area contributed by atoms with Crippen molar-refractivity contribution in [2.24, 2.45) is 0 Å². The topological polar surface area (TPSA) is 67.1 Å². The van der Waals surface area contributed by atoms with Gasteiger partial charge in [0.25, 0.3) is 0 Å². The number of pyridine rings is 1. The van der Waals surface area contributed by atoms with Crippen LogP contribution in [0.5, 0.6) is 0 Å². The predicted octanol–water partition coefficient (Wildman–Crippen LogP) is 2.88. The van der Waals surface area contributed by atoms with Crippen LogP contribution in [0.4, 0.5) is 5.69 Å². The first-order valence-electron chi connectivity index (χ1n) is 6.85. The number of anilines is 1. The fraction of sp³-hybridized carbons (Fsp3) is 0.176. The van der Waals surface area contributed by atoms with Crippen molar-refractivity contribution >= 4 is 11.3 Å². The lowest BCUT2D eigenvalue weighted by atomic mass is 10.1. The van der Waals surface area contributed by atoms with Crippen molar-refractivity contribution in [1.29, 1.82) is 5.26 Å². The molecule has 2 N–H and O–H groups in total. The number of rotatable bonds is 3. The van der Waals surface area contributed by atoms with Crippen molar-refractivity contribution in [3.63, 3.8) is 0 Å². The first-order chi connectivity index (χ1) is 10.2. The van der Waals surface area contributed by atoms with Gasteiger partial charge in [0, 0.05) is 18.3 Å². The molecule has 0 unspecified atom stereocenters. The van der Waals surface area contributed by atoms with Crippen LogP contribution < -0.4 is 5.73 Å². The number of benzene rings is 1. The zero-order valence-corrected chi connectivity index (χ0v) is 11.9. The number of nitriles is 1. The highest BCUT2D eigenvalue weighted by Gasteiger charge is 2.12. The molecule has 0 aliphatic rings. The number of imidazole rings is 1. The van der Waals surface area contributed by atoms with Gasteiger partial charge in [-0.1, -0.05) is 29.8 Å². The van der Waals surface area contributed by atoms with Crippen LogP contribution in [0.25, 0.3) is 5.65 Å². The van der Waals surface area contributed by atoms with E-state index >= 15 is 0 Å². The van der Waals surface area contributed by atoms with E-state index in [0.717, 1.165) is 23.5 Å². The molecule has 0 bridgehead atoms. The summed E-state index contributed by atoms with van der Waals surface area (Å²) < 4.78 is 1.92. The summed E-state index contributed by atoms with van der Waals surface area (Å²) in [5, 5.41) is 9.07. The van der Waals surface area contributed by atoms with Crippen molar-refractivity contribution in [2.75, 3.05) is 5.73 Å². The molecule has 104 valence electrons. The number of aryl methyl sites for hydroxylation is 1. The van der Waals surface area contributed by atoms with Crippen LogP contribution in [-0.2, 0) is 12.8 Å². The second-order valence-corrected chi connectivity index (χ2v) is 5.19. The van der Waals surface area contributed by atoms with E-state index in [4.69, 9.17) is 11.0 Å². The minimum atomic E-state index is 0.325. The van der Waals surface area contributed by atoms with E-state index in [0.29, 0.717) is 12.1 Å². The lowest BCUT2D eigenvalue weighted by Gasteiger charge is -2.03. The lowest BCUT2D eigenvalue weighted by molar-refractivity contribution is 1.00. The highest BCUT2D eigenvalue weighted by molar-refractivity contribution is 5.51. The van der Waals surface area contributed by atoms with Gasteiger partial charge in [-0.25, -0.2) is 4.98 Å². The summed E-state index contributed by atoms with van der Waals surface area (Å²) >= 11 is 0. The van der Waals surface area contributed by atoms with Gasteiger partial charge in [-0.2, -0.15) is 5.26 Å². The summed E-state index contributed by atoms with van der Waals surface area (Å²) in [6.45, 7) is 2.07. The van der Waals surface area contributed by atoms with E-state index in [1.807, 2.05) is 22.7 Å². The standard InChI is InChI=1S/C17H16N4/c1-12-2-4-13(5-3-12)10-15-16(8-9-18)21-11-14(19)6-7-17(21)20-15/h2-7,11H,8,10,19H2,1H3. The highest BCUT2D eigenvalue weighted by atomic mass is 15.0. The SMILES string of the molecule is Cc1ccc(Cc2nc3ccc(N)cn3c2CC#N)cc1. The fourth-order valence-corrected chi connectivity index (χ4v) is 2.46. The number of fused-ring (bicyclic) bond motifs is 1. The third-order valence-electron chi connectivity index (χ3n) is 3.56. The average Bonchev–Trinajstić information content (AvgIpc) is 2.79. The van der Waals surface area contributed by atoms with Gasteiger partial charge in [-0.05, 0) is 24.6 Å². The smallest absolute Gasteiger partial charge is 0.137 e. The average molecular weight is 276 g/mol. The van der Waals surface area contributed by atoms with Crippen molar-refractivity contribution in [1.82, 2.24) is 9.38 Å². The van der Waals surface area contributed by atoms with Gasteiger partial charge in [-0.15, -0.1) is 0 Å². The largest absolute Gasteiger partial charge is 0.398 e. The zero-order chi connectivity index (χ0) is 14.8. The van der Waals surface area contributed by atoms with Crippen molar-refractivity contribution < 1.29 is 0 Å². The third-order valence-corrected chi connectivity index (χ3v) is 3.56. The maximum absolute atomic E-state index is 9.07. The molecule has 3 aromatic rings. The molecular weight excluding hydrogens is 260 g/mol. The minimum absolute atomic E-state index is 0.325. The summed E-state index contributed by atoms with van der Waals surface area (Å²) in [6.07, 6.45) is 2.87. The molecule has 0 saturated heterocycles. The van der Waals surface area contributed by atoms with Crippen LogP contribution >= 0.6 is 0 Å². The summed E-state index contributed by atoms with van der Waals surface area (Å²) in [4.78, 5) is 4.65. The molecule has 21 heavy (non-hydrogen) atoms. The Hall–Kier alpha value is -2.80. The van der Waals surface area contributed by atoms with E-state index in [9.17, 15) is 0 Å². The Morgan fingerprint density at radius 2 is 1.95 bits per heavy atom. The molecule has 4 heteroatoms. The maximum Gasteiger partial charge on any atom is 0.137 e. The third kappa shape index (κ3) is 2.59. The van der Waals surface area contributed by atoms with Gasteiger partial charge in [-0.3, -0.25) is 0 Å². The molecule has 2 aromatic heterocycles. The molecule has 0 radical (unpaired) electrons. The number of hydrogen-bond donors (Lipinski definition) is 1. The molecule has 0 fully saturated rings. The van der Waals surface area contributed by atoms with E-state index in [1.54, 1.807) is 0 Å². The second-order valence-electron chi connectivity index (χ2n) is 5.19. The summed E-state index contributed by atoms with van der Waals surface area (Å²) in [6, 6.07) is 14.3. The quantitative estimate of drug-likeness (QED) is 0.799. The number of hydrogen-bond acceptors (Lipinski definition) is 3. The van der Waals surface area contributed by atoms with Gasteiger partial charge in [0.1, 0.15) is 5.65 Å². The number of nitrogens with two attached hydrogens (primary N) is 1. The van der Waals surface area contributed by atoms with Crippen LogP contribution in [0.2, 0.25) is 0 Å². The molecule has 0 atom stereocenters. The normalized spacial score (nSPS) is 10.7. The zero-order valence-electron chi connectivity index (χ0n) is 11.9. The molecule has 0 saturated carbocycles. The second kappa shape index (κ2) is 5.29. The van der Waals surface area contributed by atoms with Crippen molar-refractivity contribution in [2.45, 2.75) is 19.8 Å². The molecule has 1 aromatic carbocycles. The van der Waals surface area contributed by atoms with Gasteiger partial charge in [0.2, 0.25) is 0 Å². The Morgan fingerprint density at radius 3 is 2.67 bits per heavy atom. The first kappa shape index (κ1) is 13.2. The number of nitrogens with zero attached hydrogens (tertiary/aromatic N) is 3. The van der Waals surface area contributed by atoms with Crippen LogP contribution in [0.15, 0.2) is 42.6 Å². The molecule has 0 aliphatic heterocycles.